The smallest absolute Gasteiger partial charge is 0.475 e. The van der Waals surface area contributed by atoms with Crippen LogP contribution in [0.25, 0.3) is 0 Å². The first-order valence-corrected chi connectivity index (χ1v) is 33.4. The number of aryl methyl sites for hydroxylation is 6. The fourth-order valence-corrected chi connectivity index (χ4v) is 9.43. The quantitative estimate of drug-likeness (QED) is 0.0125. The summed E-state index contributed by atoms with van der Waals surface area (Å²) in [5.74, 6) is -11.8. The Hall–Kier alpha value is -12.8. The molecule has 15 N–H and O–H groups in total. The number of guanidine groups is 1. The van der Waals surface area contributed by atoms with Crippen molar-refractivity contribution in [2.45, 2.75) is 63.5 Å². The molecule has 10 amide bonds. The number of aromatic nitrogens is 8. The van der Waals surface area contributed by atoms with Crippen molar-refractivity contribution in [3.05, 3.63) is 95.9 Å². The van der Waals surface area contributed by atoms with Gasteiger partial charge in [0.1, 0.15) is 22.8 Å². The largest absolute Gasteiger partial charge is 0.490 e. The molecule has 0 radical (unpaired) electrons. The Balaban J connectivity index is 0.00000138. The molecule has 6 aromatic rings. The number of hydrogen-bond donors (Lipinski definition) is 14. The number of aliphatic carboxylic acids is 3. The van der Waals surface area contributed by atoms with Gasteiger partial charge in [-0.3, -0.25) is 47.9 Å². The van der Waals surface area contributed by atoms with Crippen LogP contribution in [0.3, 0.4) is 0 Å². The second kappa shape index (κ2) is 43.6. The number of carbonyl (C=O) groups excluding carboxylic acids is 10. The molecule has 0 bridgehead atoms. The lowest BCUT2D eigenvalue weighted by molar-refractivity contribution is -0.193. The highest BCUT2D eigenvalue weighted by atomic mass is 19.4. The number of nitrogens with zero attached hydrogens (tertiary/aromatic N) is 12. The van der Waals surface area contributed by atoms with Crippen molar-refractivity contribution in [3.8, 4) is 0 Å². The predicted molar refractivity (Wildman–Crippen MR) is 387 cm³/mol. The van der Waals surface area contributed by atoms with Crippen molar-refractivity contribution in [3.63, 3.8) is 0 Å². The standard InChI is InChI=1S/C59H85N23O10.3C2HF3O2/c1-74(2)59(75(3)4)69-40-30-44(80(9)34-40)56(90)73-46-36-82(11)52(72-46)58(92)65-24-18-50(86)70-45-35-81(10)51(71-45)57(91)62-20-12-15-48(84)66-37-27-41(77(6)31-37)53(87)64-23-17-49(85)67-38-28-43(79(8)32-38)55(89)68-39-29-42(78(7)33-39)54(88)63-22-16-47(83)61-21-14-26-76(5)25-13-19-60;3*3-2(4,5)1(6)7/h27-36H,12-26,60H2,1-11H3,(H,61,83)(H,62,91)(H,63,88)(H,64,87)(H,65,92)(H,66,84)(H,67,85)(H,68,89)(H,70,86)(H,73,90);3*(H,6,7). The van der Waals surface area contributed by atoms with Gasteiger partial charge in [0.05, 0.1) is 22.7 Å². The van der Waals surface area contributed by atoms with Crippen LogP contribution in [0, 0.1) is 0 Å². The molecular weight excluding hydrogens is 1530 g/mol. The summed E-state index contributed by atoms with van der Waals surface area (Å²) >= 11 is 0. The fourth-order valence-electron chi connectivity index (χ4n) is 9.43. The average molecular weight is 1620 g/mol. The zero-order valence-corrected chi connectivity index (χ0v) is 62.9. The summed E-state index contributed by atoms with van der Waals surface area (Å²) in [6.45, 7) is 3.02. The second-order valence-electron chi connectivity index (χ2n) is 24.7. The molecule has 0 aromatic carbocycles. The summed E-state index contributed by atoms with van der Waals surface area (Å²) in [5.41, 5.74) is 8.18. The first-order chi connectivity index (χ1) is 52.5. The van der Waals surface area contributed by atoms with E-state index in [-0.39, 0.29) is 110 Å². The number of amides is 10. The molecule has 0 atom stereocenters. The van der Waals surface area contributed by atoms with E-state index in [9.17, 15) is 87.5 Å². The third-order valence-corrected chi connectivity index (χ3v) is 14.7. The van der Waals surface area contributed by atoms with E-state index >= 15 is 0 Å². The highest BCUT2D eigenvalue weighted by Gasteiger charge is 2.40. The van der Waals surface area contributed by atoms with Gasteiger partial charge >= 0.3 is 36.4 Å². The number of carboxylic acids is 3. The van der Waals surface area contributed by atoms with E-state index < -0.39 is 83.7 Å². The molecule has 6 aromatic heterocycles. The molecule has 0 saturated heterocycles. The van der Waals surface area contributed by atoms with Gasteiger partial charge in [-0.15, -0.1) is 0 Å². The normalized spacial score (nSPS) is 11.0. The number of rotatable bonds is 32. The average Bonchev–Trinajstić information content (AvgIpc) is 1.70. The topological polar surface area (TPSA) is 506 Å². The number of aliphatic imine (C=N–C) groups is 1. The van der Waals surface area contributed by atoms with E-state index in [4.69, 9.17) is 35.4 Å². The number of hydrogen-bond acceptors (Lipinski definition) is 18. The Morgan fingerprint density at radius 1 is 0.398 bits per heavy atom. The van der Waals surface area contributed by atoms with Gasteiger partial charge in [-0.2, -0.15) is 39.5 Å². The molecule has 6 rings (SSSR count). The van der Waals surface area contributed by atoms with Gasteiger partial charge in [-0.1, -0.05) is 0 Å². The van der Waals surface area contributed by atoms with Crippen LogP contribution in [0.1, 0.15) is 108 Å². The van der Waals surface area contributed by atoms with E-state index in [2.05, 4.69) is 73.0 Å². The van der Waals surface area contributed by atoms with Crippen LogP contribution in [0.4, 0.5) is 73.9 Å². The Labute approximate surface area is 637 Å². The Kier molecular flexibility index (Phi) is 36.4. The van der Waals surface area contributed by atoms with Crippen molar-refractivity contribution in [1.29, 1.82) is 0 Å². The van der Waals surface area contributed by atoms with Crippen molar-refractivity contribution >= 4 is 117 Å². The van der Waals surface area contributed by atoms with Crippen LogP contribution in [-0.4, -0.2) is 256 Å². The maximum Gasteiger partial charge on any atom is 0.490 e. The number of alkyl halides is 9. The summed E-state index contributed by atoms with van der Waals surface area (Å²) in [6.07, 6.45) is -4.07. The number of anilines is 5. The van der Waals surface area contributed by atoms with Gasteiger partial charge in [-0.25, -0.2) is 29.3 Å². The van der Waals surface area contributed by atoms with Crippen LogP contribution >= 0.6 is 0 Å². The van der Waals surface area contributed by atoms with Crippen LogP contribution < -0.4 is 58.9 Å². The molecule has 622 valence electrons. The van der Waals surface area contributed by atoms with E-state index in [0.717, 1.165) is 25.9 Å². The Morgan fingerprint density at radius 2 is 0.735 bits per heavy atom. The van der Waals surface area contributed by atoms with Gasteiger partial charge in [0.25, 0.3) is 35.4 Å². The third kappa shape index (κ3) is 32.7. The molecule has 39 nitrogen and oxygen atoms in total. The molecule has 0 aliphatic rings. The number of carbonyl (C=O) groups is 13. The van der Waals surface area contributed by atoms with Crippen LogP contribution in [-0.2, 0) is 75.8 Å². The summed E-state index contributed by atoms with van der Waals surface area (Å²) in [5, 5.41) is 48.6. The van der Waals surface area contributed by atoms with E-state index in [0.29, 0.717) is 47.5 Å². The maximum atomic E-state index is 13.3. The van der Waals surface area contributed by atoms with Gasteiger partial charge in [0, 0.05) is 166 Å². The van der Waals surface area contributed by atoms with E-state index in [1.165, 1.54) is 48.9 Å². The first kappa shape index (κ1) is 94.4. The zero-order valence-electron chi connectivity index (χ0n) is 62.9. The lowest BCUT2D eigenvalue weighted by atomic mass is 10.3. The number of imidazole rings is 2. The van der Waals surface area contributed by atoms with Gasteiger partial charge in [-0.05, 0) is 70.2 Å². The molecule has 0 spiro atoms. The first-order valence-electron chi connectivity index (χ1n) is 33.4. The maximum absolute atomic E-state index is 13.3. The van der Waals surface area contributed by atoms with Gasteiger partial charge in [0.2, 0.25) is 41.2 Å². The van der Waals surface area contributed by atoms with Crippen molar-refractivity contribution in [2.24, 2.45) is 53.0 Å². The number of carboxylic acid groups (broad SMARTS) is 3. The molecule has 0 aliphatic carbocycles. The summed E-state index contributed by atoms with van der Waals surface area (Å²) < 4.78 is 104. The summed E-state index contributed by atoms with van der Waals surface area (Å²) in [6, 6.07) is 6.12. The minimum Gasteiger partial charge on any atom is -0.475 e. The van der Waals surface area contributed by atoms with Crippen LogP contribution in [0.15, 0.2) is 66.4 Å². The lowest BCUT2D eigenvalue weighted by Crippen LogP contribution is -2.35. The molecule has 113 heavy (non-hydrogen) atoms. The van der Waals surface area contributed by atoms with Gasteiger partial charge < -0.3 is 116 Å². The van der Waals surface area contributed by atoms with E-state index in [1.54, 1.807) is 82.3 Å². The van der Waals surface area contributed by atoms with Crippen molar-refractivity contribution in [1.82, 2.24) is 78.7 Å². The van der Waals surface area contributed by atoms with Crippen molar-refractivity contribution in [2.75, 3.05) is 114 Å². The zero-order chi connectivity index (χ0) is 85.6. The predicted octanol–water partition coefficient (Wildman–Crippen LogP) is 2.60. The van der Waals surface area contributed by atoms with Crippen LogP contribution in [0.2, 0.25) is 0 Å². The molecule has 0 aliphatic heterocycles. The number of halogens is 9. The SMILES string of the molecule is CN(CCCN)CCCNC(=O)CCNC(=O)c1cc(NC(=O)c2cc(NC(=O)CCNC(=O)c3cc(NC(=O)CCCNC(=O)c4nc(NC(=O)CCNC(=O)c5nc(NC(=O)c6cc(N=C(N(C)C)N(C)C)cn6C)cn5C)cn4C)cn3C)cn2C)cn1C.O=C(O)C(F)(F)F.O=C(O)C(F)(F)F.O=C(O)C(F)(F)F. The highest BCUT2D eigenvalue weighted by Crippen LogP contribution is 2.22. The van der Waals surface area contributed by atoms with E-state index in [1.807, 2.05) is 45.0 Å². The Morgan fingerprint density at radius 3 is 1.16 bits per heavy atom. The molecular formula is C65H88F9N23O16. The highest BCUT2D eigenvalue weighted by molar-refractivity contribution is 6.06. The molecule has 48 heteroatoms. The van der Waals surface area contributed by atoms with Crippen LogP contribution in [0.5, 0.6) is 0 Å². The minimum atomic E-state index is -5.08. The van der Waals surface area contributed by atoms with Gasteiger partial charge in [0.15, 0.2) is 11.6 Å². The van der Waals surface area contributed by atoms with Crippen molar-refractivity contribution < 1.29 is 117 Å². The molecule has 0 fully saturated rings. The molecule has 0 saturated carbocycles. The minimum absolute atomic E-state index is 0.00486. The monoisotopic (exact) mass is 1620 g/mol. The molecule has 6 heterocycles. The number of nitrogens with one attached hydrogen (secondary N) is 10. The Bertz CT molecular complexity index is 4310. The lowest BCUT2D eigenvalue weighted by Gasteiger charge is -2.22. The second-order valence-corrected chi connectivity index (χ2v) is 24.7. The fraction of sp³-hybridized carbons (Fsp3) is 0.446. The third-order valence-electron chi connectivity index (χ3n) is 14.7. The number of nitrogens with two attached hydrogens (primary N) is 1. The summed E-state index contributed by atoms with van der Waals surface area (Å²) in [7, 11) is 19.2. The molecule has 0 unspecified atom stereocenters. The summed E-state index contributed by atoms with van der Waals surface area (Å²) in [4.78, 5) is 175.